The van der Waals surface area contributed by atoms with E-state index in [2.05, 4.69) is 10.3 Å². The fourth-order valence-corrected chi connectivity index (χ4v) is 2.70. The molecule has 0 saturated carbocycles. The summed E-state index contributed by atoms with van der Waals surface area (Å²) in [5, 5.41) is 2.16. The van der Waals surface area contributed by atoms with Gasteiger partial charge in [-0.1, -0.05) is 23.2 Å². The van der Waals surface area contributed by atoms with Crippen LogP contribution in [0.3, 0.4) is 0 Å². The molecular formula is C15H18Cl2FN3O3. The molecule has 2 heterocycles. The SMILES string of the molecule is CC(C)(C)OC(=O)N[C@@H]1CCN(C(=O)c2cc(F)c(Cl)nc2Cl)C1. The maximum Gasteiger partial charge on any atom is 0.407 e. The Morgan fingerprint density at radius 1 is 1.38 bits per heavy atom. The van der Waals surface area contributed by atoms with Crippen molar-refractivity contribution in [1.82, 2.24) is 15.2 Å². The predicted octanol–water partition coefficient (Wildman–Crippen LogP) is 3.27. The van der Waals surface area contributed by atoms with Crippen LogP contribution in [0.4, 0.5) is 9.18 Å². The lowest BCUT2D eigenvalue weighted by Gasteiger charge is -2.22. The van der Waals surface area contributed by atoms with E-state index >= 15 is 0 Å². The Labute approximate surface area is 149 Å². The van der Waals surface area contributed by atoms with Gasteiger partial charge in [-0.3, -0.25) is 4.79 Å². The quantitative estimate of drug-likeness (QED) is 0.802. The second-order valence-corrected chi connectivity index (χ2v) is 7.20. The molecule has 2 amide bonds. The number of pyridine rings is 1. The Morgan fingerprint density at radius 3 is 2.67 bits per heavy atom. The highest BCUT2D eigenvalue weighted by atomic mass is 35.5. The van der Waals surface area contributed by atoms with Gasteiger partial charge in [-0.25, -0.2) is 14.2 Å². The van der Waals surface area contributed by atoms with Crippen molar-refractivity contribution in [3.63, 3.8) is 0 Å². The van der Waals surface area contributed by atoms with Crippen LogP contribution in [0.2, 0.25) is 10.3 Å². The number of nitrogens with zero attached hydrogens (tertiary/aromatic N) is 2. The Morgan fingerprint density at radius 2 is 2.04 bits per heavy atom. The van der Waals surface area contributed by atoms with E-state index in [1.165, 1.54) is 4.90 Å². The predicted molar refractivity (Wildman–Crippen MR) is 87.9 cm³/mol. The number of nitrogens with one attached hydrogen (secondary N) is 1. The van der Waals surface area contributed by atoms with Crippen molar-refractivity contribution in [1.29, 1.82) is 0 Å². The van der Waals surface area contributed by atoms with E-state index in [0.29, 0.717) is 13.0 Å². The zero-order chi connectivity index (χ0) is 18.1. The van der Waals surface area contributed by atoms with E-state index in [-0.39, 0.29) is 28.5 Å². The summed E-state index contributed by atoms with van der Waals surface area (Å²) in [4.78, 5) is 29.3. The number of halogens is 3. The third kappa shape index (κ3) is 4.70. The number of carbonyl (C=O) groups is 2. The van der Waals surface area contributed by atoms with Gasteiger partial charge in [-0.2, -0.15) is 0 Å². The van der Waals surface area contributed by atoms with Gasteiger partial charge in [0.15, 0.2) is 11.0 Å². The molecule has 1 aromatic heterocycles. The highest BCUT2D eigenvalue weighted by Crippen LogP contribution is 2.23. The molecule has 24 heavy (non-hydrogen) atoms. The summed E-state index contributed by atoms with van der Waals surface area (Å²) < 4.78 is 18.7. The van der Waals surface area contributed by atoms with Gasteiger partial charge in [0, 0.05) is 13.1 Å². The molecule has 0 aromatic carbocycles. The molecule has 1 aliphatic heterocycles. The van der Waals surface area contributed by atoms with Gasteiger partial charge in [-0.15, -0.1) is 0 Å². The molecule has 1 aliphatic rings. The van der Waals surface area contributed by atoms with E-state index in [4.69, 9.17) is 27.9 Å². The monoisotopic (exact) mass is 377 g/mol. The van der Waals surface area contributed by atoms with Crippen molar-refractivity contribution in [3.05, 3.63) is 27.8 Å². The number of rotatable bonds is 2. The van der Waals surface area contributed by atoms with Gasteiger partial charge in [-0.05, 0) is 33.3 Å². The number of alkyl carbamates (subject to hydrolysis) is 1. The van der Waals surface area contributed by atoms with Crippen LogP contribution >= 0.6 is 23.2 Å². The largest absolute Gasteiger partial charge is 0.444 e. The average Bonchev–Trinajstić information content (AvgIpc) is 2.88. The van der Waals surface area contributed by atoms with Crippen molar-refractivity contribution in [2.24, 2.45) is 0 Å². The van der Waals surface area contributed by atoms with Crippen LogP contribution in [0.15, 0.2) is 6.07 Å². The van der Waals surface area contributed by atoms with Crippen molar-refractivity contribution in [2.75, 3.05) is 13.1 Å². The Bertz CT molecular complexity index is 664. The number of likely N-dealkylation sites (tertiary alicyclic amines) is 1. The zero-order valence-electron chi connectivity index (χ0n) is 13.5. The summed E-state index contributed by atoms with van der Waals surface area (Å²) in [6.07, 6.45) is 0.0190. The smallest absolute Gasteiger partial charge is 0.407 e. The van der Waals surface area contributed by atoms with Gasteiger partial charge < -0.3 is 15.0 Å². The minimum atomic E-state index is -0.813. The van der Waals surface area contributed by atoms with Crippen molar-refractivity contribution in [2.45, 2.75) is 38.8 Å². The number of aromatic nitrogens is 1. The first-order chi connectivity index (χ1) is 11.1. The third-order valence-corrected chi connectivity index (χ3v) is 3.87. The summed E-state index contributed by atoms with van der Waals surface area (Å²) in [7, 11) is 0. The summed E-state index contributed by atoms with van der Waals surface area (Å²) >= 11 is 11.4. The van der Waals surface area contributed by atoms with Crippen molar-refractivity contribution < 1.29 is 18.7 Å². The van der Waals surface area contributed by atoms with Crippen LogP contribution in [-0.2, 0) is 4.74 Å². The highest BCUT2D eigenvalue weighted by Gasteiger charge is 2.30. The summed E-state index contributed by atoms with van der Waals surface area (Å²) in [6, 6.07) is 0.724. The molecular weight excluding hydrogens is 360 g/mol. The molecule has 132 valence electrons. The Kier molecular flexibility index (Phi) is 5.55. The lowest BCUT2D eigenvalue weighted by Crippen LogP contribution is -2.41. The number of amides is 2. The van der Waals surface area contributed by atoms with Gasteiger partial charge in [0.1, 0.15) is 10.8 Å². The van der Waals surface area contributed by atoms with E-state index in [9.17, 15) is 14.0 Å². The topological polar surface area (TPSA) is 71.5 Å². The van der Waals surface area contributed by atoms with Crippen LogP contribution in [0.25, 0.3) is 0 Å². The molecule has 6 nitrogen and oxygen atoms in total. The second kappa shape index (κ2) is 7.11. The maximum absolute atomic E-state index is 13.5. The molecule has 0 bridgehead atoms. The molecule has 0 spiro atoms. The average molecular weight is 378 g/mol. The molecule has 0 radical (unpaired) electrons. The van der Waals surface area contributed by atoms with Gasteiger partial charge in [0.2, 0.25) is 0 Å². The summed E-state index contributed by atoms with van der Waals surface area (Å²) in [5.74, 6) is -1.27. The van der Waals surface area contributed by atoms with E-state index in [1.54, 1.807) is 20.8 Å². The molecule has 1 aromatic rings. The zero-order valence-corrected chi connectivity index (χ0v) is 15.0. The minimum absolute atomic E-state index is 0.0588. The molecule has 1 fully saturated rings. The second-order valence-electron chi connectivity index (χ2n) is 6.48. The number of hydrogen-bond donors (Lipinski definition) is 1. The van der Waals surface area contributed by atoms with Crippen LogP contribution < -0.4 is 5.32 Å². The molecule has 2 rings (SSSR count). The Hall–Kier alpha value is -1.60. The van der Waals surface area contributed by atoms with Crippen LogP contribution in [0, 0.1) is 5.82 Å². The molecule has 1 saturated heterocycles. The van der Waals surface area contributed by atoms with Gasteiger partial charge in [0.25, 0.3) is 5.91 Å². The number of ether oxygens (including phenoxy) is 1. The standard InChI is InChI=1S/C15H18Cl2FN3O3/c1-15(2,3)24-14(23)19-8-4-5-21(7-8)13(22)9-6-10(18)12(17)20-11(9)16/h6,8H,4-5,7H2,1-3H3,(H,19,23)/t8-/m1/s1. The molecule has 0 aliphatic carbocycles. The van der Waals surface area contributed by atoms with Crippen LogP contribution in [0.5, 0.6) is 0 Å². The summed E-state index contributed by atoms with van der Waals surface area (Å²) in [5.41, 5.74) is -0.658. The first-order valence-electron chi connectivity index (χ1n) is 7.37. The fraction of sp³-hybridized carbons (Fsp3) is 0.533. The van der Waals surface area contributed by atoms with Gasteiger partial charge in [0.05, 0.1) is 11.6 Å². The fourth-order valence-electron chi connectivity index (χ4n) is 2.30. The third-order valence-electron chi connectivity index (χ3n) is 3.31. The van der Waals surface area contributed by atoms with Gasteiger partial charge >= 0.3 is 6.09 Å². The Balaban J connectivity index is 1.99. The lowest BCUT2D eigenvalue weighted by molar-refractivity contribution is 0.0502. The minimum Gasteiger partial charge on any atom is -0.444 e. The highest BCUT2D eigenvalue weighted by molar-refractivity contribution is 6.34. The maximum atomic E-state index is 13.5. The lowest BCUT2D eigenvalue weighted by atomic mass is 10.2. The first-order valence-corrected chi connectivity index (χ1v) is 8.13. The van der Waals surface area contributed by atoms with Crippen LogP contribution in [0.1, 0.15) is 37.6 Å². The van der Waals surface area contributed by atoms with Crippen molar-refractivity contribution >= 4 is 35.2 Å². The van der Waals surface area contributed by atoms with E-state index in [1.807, 2.05) is 0 Å². The number of hydrogen-bond acceptors (Lipinski definition) is 4. The van der Waals surface area contributed by atoms with Crippen molar-refractivity contribution in [3.8, 4) is 0 Å². The molecule has 1 N–H and O–H groups in total. The van der Waals surface area contributed by atoms with E-state index < -0.39 is 23.4 Å². The molecule has 9 heteroatoms. The number of carbonyl (C=O) groups excluding carboxylic acids is 2. The molecule has 0 unspecified atom stereocenters. The van der Waals surface area contributed by atoms with Crippen LogP contribution in [-0.4, -0.2) is 46.6 Å². The first kappa shape index (κ1) is 18.7. The summed E-state index contributed by atoms with van der Waals surface area (Å²) in [6.45, 7) is 5.97. The van der Waals surface area contributed by atoms with E-state index in [0.717, 1.165) is 6.07 Å². The molecule has 1 atom stereocenters. The normalized spacial score (nSPS) is 17.8.